The van der Waals surface area contributed by atoms with Crippen molar-refractivity contribution in [3.8, 4) is 5.75 Å². The number of aryl methyl sites for hydroxylation is 1. The fourth-order valence-electron chi connectivity index (χ4n) is 2.23. The largest absolute Gasteiger partial charge is 0.497 e. The van der Waals surface area contributed by atoms with Gasteiger partial charge in [0.15, 0.2) is 0 Å². The standard InChI is InChI=1S/C18H19BrN2O3/c1-12-9-14(7-8-17(12)19)20-18(23)11-21(13(2)22)15-5-4-6-16(10-15)24-3/h4-10H,11H2,1-3H3,(H,20,23). The number of hydrogen-bond acceptors (Lipinski definition) is 3. The number of benzene rings is 2. The third kappa shape index (κ3) is 4.58. The molecule has 2 amide bonds. The molecule has 0 aliphatic carbocycles. The third-order valence-corrected chi connectivity index (χ3v) is 4.38. The molecule has 0 saturated carbocycles. The Morgan fingerprint density at radius 3 is 2.58 bits per heavy atom. The number of ether oxygens (including phenoxy) is 1. The lowest BCUT2D eigenvalue weighted by atomic mass is 10.2. The number of hydrogen-bond donors (Lipinski definition) is 1. The van der Waals surface area contributed by atoms with Crippen molar-refractivity contribution in [3.05, 3.63) is 52.5 Å². The molecule has 0 bridgehead atoms. The fraction of sp³-hybridized carbons (Fsp3) is 0.222. The second kappa shape index (κ2) is 7.97. The summed E-state index contributed by atoms with van der Waals surface area (Å²) < 4.78 is 6.14. The zero-order valence-electron chi connectivity index (χ0n) is 13.8. The predicted octanol–water partition coefficient (Wildman–Crippen LogP) is 3.76. The second-order valence-corrected chi connectivity index (χ2v) is 6.17. The molecular formula is C18H19BrN2O3. The van der Waals surface area contributed by atoms with E-state index in [0.29, 0.717) is 17.1 Å². The first-order valence-corrected chi connectivity index (χ1v) is 8.18. The van der Waals surface area contributed by atoms with Gasteiger partial charge in [-0.25, -0.2) is 0 Å². The van der Waals surface area contributed by atoms with E-state index in [0.717, 1.165) is 10.0 Å². The van der Waals surface area contributed by atoms with Crippen molar-refractivity contribution >= 4 is 39.1 Å². The molecule has 0 heterocycles. The molecule has 1 N–H and O–H groups in total. The number of halogens is 1. The number of amides is 2. The van der Waals surface area contributed by atoms with E-state index in [1.165, 1.54) is 11.8 Å². The maximum Gasteiger partial charge on any atom is 0.244 e. The Morgan fingerprint density at radius 1 is 1.21 bits per heavy atom. The first-order chi connectivity index (χ1) is 11.4. The molecule has 0 saturated heterocycles. The molecule has 5 nitrogen and oxygen atoms in total. The Balaban J connectivity index is 2.13. The molecule has 126 valence electrons. The number of rotatable bonds is 5. The van der Waals surface area contributed by atoms with Gasteiger partial charge in [0.2, 0.25) is 11.8 Å². The van der Waals surface area contributed by atoms with Crippen LogP contribution in [0.25, 0.3) is 0 Å². The van der Waals surface area contributed by atoms with Crippen LogP contribution in [-0.4, -0.2) is 25.5 Å². The predicted molar refractivity (Wildman–Crippen MR) is 98.5 cm³/mol. The Hall–Kier alpha value is -2.34. The number of carbonyl (C=O) groups is 2. The van der Waals surface area contributed by atoms with Crippen LogP contribution < -0.4 is 15.0 Å². The van der Waals surface area contributed by atoms with Gasteiger partial charge in [-0.1, -0.05) is 22.0 Å². The number of anilines is 2. The summed E-state index contributed by atoms with van der Waals surface area (Å²) in [7, 11) is 1.56. The van der Waals surface area contributed by atoms with E-state index in [1.54, 1.807) is 37.4 Å². The Morgan fingerprint density at radius 2 is 1.96 bits per heavy atom. The van der Waals surface area contributed by atoms with Crippen LogP contribution in [0.5, 0.6) is 5.75 Å². The Bertz CT molecular complexity index is 762. The third-order valence-electron chi connectivity index (χ3n) is 3.49. The molecule has 0 radical (unpaired) electrons. The van der Waals surface area contributed by atoms with Crippen molar-refractivity contribution in [2.75, 3.05) is 23.9 Å². The molecular weight excluding hydrogens is 372 g/mol. The quantitative estimate of drug-likeness (QED) is 0.845. The summed E-state index contributed by atoms with van der Waals surface area (Å²) in [5, 5.41) is 2.81. The highest BCUT2D eigenvalue weighted by Crippen LogP contribution is 2.22. The van der Waals surface area contributed by atoms with Gasteiger partial charge in [-0.05, 0) is 42.8 Å². The van der Waals surface area contributed by atoms with Crippen molar-refractivity contribution in [1.82, 2.24) is 0 Å². The van der Waals surface area contributed by atoms with E-state index in [4.69, 9.17) is 4.74 Å². The van der Waals surface area contributed by atoms with Gasteiger partial charge in [0.05, 0.1) is 7.11 Å². The maximum atomic E-state index is 12.3. The lowest BCUT2D eigenvalue weighted by Crippen LogP contribution is -2.36. The van der Waals surface area contributed by atoms with E-state index in [2.05, 4.69) is 21.2 Å². The fourth-order valence-corrected chi connectivity index (χ4v) is 2.48. The molecule has 0 atom stereocenters. The van der Waals surface area contributed by atoms with E-state index < -0.39 is 0 Å². The zero-order chi connectivity index (χ0) is 17.7. The van der Waals surface area contributed by atoms with Crippen LogP contribution in [0.1, 0.15) is 12.5 Å². The van der Waals surface area contributed by atoms with E-state index >= 15 is 0 Å². The van der Waals surface area contributed by atoms with Gasteiger partial charge in [-0.2, -0.15) is 0 Å². The summed E-state index contributed by atoms with van der Waals surface area (Å²) in [4.78, 5) is 25.6. The average Bonchev–Trinajstić information content (AvgIpc) is 2.56. The molecule has 0 aromatic heterocycles. The first-order valence-electron chi connectivity index (χ1n) is 7.39. The minimum atomic E-state index is -0.269. The summed E-state index contributed by atoms with van der Waals surface area (Å²) in [5.74, 6) is 0.142. The van der Waals surface area contributed by atoms with Gasteiger partial charge in [0.1, 0.15) is 12.3 Å². The Kier molecular flexibility index (Phi) is 5.98. The lowest BCUT2D eigenvalue weighted by Gasteiger charge is -2.21. The van der Waals surface area contributed by atoms with Crippen LogP contribution >= 0.6 is 15.9 Å². The van der Waals surface area contributed by atoms with Crippen molar-refractivity contribution < 1.29 is 14.3 Å². The SMILES string of the molecule is COc1cccc(N(CC(=O)Nc2ccc(Br)c(C)c2)C(C)=O)c1. The van der Waals surface area contributed by atoms with Crippen LogP contribution in [0.2, 0.25) is 0 Å². The van der Waals surface area contributed by atoms with Crippen molar-refractivity contribution in [3.63, 3.8) is 0 Å². The molecule has 2 aromatic rings. The lowest BCUT2D eigenvalue weighted by molar-refractivity contribution is -0.120. The second-order valence-electron chi connectivity index (χ2n) is 5.32. The van der Waals surface area contributed by atoms with Crippen LogP contribution in [-0.2, 0) is 9.59 Å². The van der Waals surface area contributed by atoms with Gasteiger partial charge in [0, 0.05) is 28.8 Å². The summed E-state index contributed by atoms with van der Waals surface area (Å²) in [6, 6.07) is 12.6. The van der Waals surface area contributed by atoms with Crippen molar-refractivity contribution in [1.29, 1.82) is 0 Å². The summed E-state index contributed by atoms with van der Waals surface area (Å²) >= 11 is 3.42. The molecule has 24 heavy (non-hydrogen) atoms. The van der Waals surface area contributed by atoms with Crippen molar-refractivity contribution in [2.24, 2.45) is 0 Å². The zero-order valence-corrected chi connectivity index (χ0v) is 15.4. The molecule has 2 aromatic carbocycles. The highest BCUT2D eigenvalue weighted by atomic mass is 79.9. The minimum absolute atomic E-state index is 0.0718. The molecule has 0 unspecified atom stereocenters. The van der Waals surface area contributed by atoms with E-state index in [-0.39, 0.29) is 18.4 Å². The number of nitrogens with zero attached hydrogens (tertiary/aromatic N) is 1. The molecule has 0 aliphatic rings. The summed E-state index contributed by atoms with van der Waals surface area (Å²) in [6.07, 6.45) is 0. The Labute approximate surface area is 149 Å². The highest BCUT2D eigenvalue weighted by Gasteiger charge is 2.16. The maximum absolute atomic E-state index is 12.3. The average molecular weight is 391 g/mol. The van der Waals surface area contributed by atoms with Gasteiger partial charge in [-0.15, -0.1) is 0 Å². The molecule has 0 fully saturated rings. The molecule has 2 rings (SSSR count). The monoisotopic (exact) mass is 390 g/mol. The van der Waals surface area contributed by atoms with Crippen LogP contribution in [0, 0.1) is 6.92 Å². The number of carbonyl (C=O) groups excluding carboxylic acids is 2. The van der Waals surface area contributed by atoms with Crippen molar-refractivity contribution in [2.45, 2.75) is 13.8 Å². The van der Waals surface area contributed by atoms with Crippen LogP contribution in [0.4, 0.5) is 11.4 Å². The van der Waals surface area contributed by atoms with Gasteiger partial charge in [-0.3, -0.25) is 9.59 Å². The topological polar surface area (TPSA) is 58.6 Å². The number of nitrogens with one attached hydrogen (secondary N) is 1. The van der Waals surface area contributed by atoms with Crippen LogP contribution in [0.3, 0.4) is 0 Å². The van der Waals surface area contributed by atoms with Crippen LogP contribution in [0.15, 0.2) is 46.9 Å². The first kappa shape index (κ1) is 18.0. The molecule has 0 spiro atoms. The normalized spacial score (nSPS) is 10.2. The van der Waals surface area contributed by atoms with E-state index in [1.807, 2.05) is 19.1 Å². The summed E-state index contributed by atoms with van der Waals surface area (Å²) in [5.41, 5.74) is 2.32. The number of methoxy groups -OCH3 is 1. The van der Waals surface area contributed by atoms with Gasteiger partial charge in [0.25, 0.3) is 0 Å². The van der Waals surface area contributed by atoms with Gasteiger partial charge >= 0.3 is 0 Å². The smallest absolute Gasteiger partial charge is 0.244 e. The minimum Gasteiger partial charge on any atom is -0.497 e. The highest BCUT2D eigenvalue weighted by molar-refractivity contribution is 9.10. The van der Waals surface area contributed by atoms with E-state index in [9.17, 15) is 9.59 Å². The van der Waals surface area contributed by atoms with Gasteiger partial charge < -0.3 is 15.0 Å². The molecule has 6 heteroatoms. The molecule has 0 aliphatic heterocycles. The summed E-state index contributed by atoms with van der Waals surface area (Å²) in [6.45, 7) is 3.30.